The topological polar surface area (TPSA) is 43.6 Å². The molecule has 0 saturated carbocycles. The van der Waals surface area contributed by atoms with Crippen molar-refractivity contribution in [2.75, 3.05) is 0 Å². The predicted octanol–water partition coefficient (Wildman–Crippen LogP) is 2.11. The molecule has 1 aromatic rings. The summed E-state index contributed by atoms with van der Waals surface area (Å²) in [6.45, 7) is 0.733. The van der Waals surface area contributed by atoms with Crippen molar-refractivity contribution in [2.45, 2.75) is 11.6 Å². The maximum Gasteiger partial charge on any atom is 0.164 e. The lowest BCUT2D eigenvalue weighted by Gasteiger charge is -2.10. The molecule has 0 fully saturated rings. The van der Waals surface area contributed by atoms with E-state index in [0.29, 0.717) is 5.03 Å². The number of nitrogens with zero attached hydrogens (tertiary/aromatic N) is 4. The lowest BCUT2D eigenvalue weighted by atomic mass is 10.2. The molecule has 84 valence electrons. The highest BCUT2D eigenvalue weighted by Crippen LogP contribution is 2.22. The second-order valence-electron chi connectivity index (χ2n) is 3.73. The van der Waals surface area contributed by atoms with Crippen molar-refractivity contribution in [1.29, 1.82) is 0 Å². The Morgan fingerprint density at radius 2 is 1.88 bits per heavy atom. The van der Waals surface area contributed by atoms with Crippen LogP contribution in [0.2, 0.25) is 0 Å². The van der Waals surface area contributed by atoms with E-state index in [1.807, 2.05) is 22.8 Å². The number of rotatable bonds is 2. The number of hydrogen-bond acceptors (Lipinski definition) is 4. The molecule has 0 amide bonds. The molecule has 1 aromatic carbocycles. The van der Waals surface area contributed by atoms with Gasteiger partial charge in [-0.05, 0) is 5.56 Å². The van der Waals surface area contributed by atoms with Crippen molar-refractivity contribution in [3.8, 4) is 11.5 Å². The molecule has 2 aliphatic heterocycles. The molecule has 0 unspecified atom stereocenters. The van der Waals surface area contributed by atoms with Gasteiger partial charge in [0.2, 0.25) is 0 Å². The van der Waals surface area contributed by atoms with Crippen LogP contribution in [0, 0.1) is 0 Å². The Bertz CT molecular complexity index is 605. The van der Waals surface area contributed by atoms with Crippen molar-refractivity contribution < 1.29 is 0 Å². The van der Waals surface area contributed by atoms with Crippen LogP contribution in [0.15, 0.2) is 48.0 Å². The summed E-state index contributed by atoms with van der Waals surface area (Å²) in [5.74, 6) is 0.814. The molecule has 0 spiro atoms. The van der Waals surface area contributed by atoms with Gasteiger partial charge in [-0.2, -0.15) is 0 Å². The molecule has 0 saturated heterocycles. The smallest absolute Gasteiger partial charge is 0.164 e. The quantitative estimate of drug-likeness (QED) is 0.553. The van der Waals surface area contributed by atoms with E-state index in [1.54, 1.807) is 6.33 Å². The Morgan fingerprint density at radius 1 is 1.06 bits per heavy atom. The highest BCUT2D eigenvalue weighted by molar-refractivity contribution is 7.80. The maximum absolute atomic E-state index is 4.26. The molecule has 17 heavy (non-hydrogen) atoms. The minimum Gasteiger partial charge on any atom is -0.311 e. The highest BCUT2D eigenvalue weighted by Gasteiger charge is 2.14. The molecule has 2 heterocycles. The monoisotopic (exact) mass is 242 g/mol. The number of thiol groups is 1. The van der Waals surface area contributed by atoms with Gasteiger partial charge in [-0.3, -0.25) is 0 Å². The normalized spacial score (nSPS) is 10.9. The molecule has 0 atom stereocenters. The minimum atomic E-state index is 0.613. The fraction of sp³-hybridized carbons (Fsp3) is 0.0833. The van der Waals surface area contributed by atoms with Crippen molar-refractivity contribution >= 4 is 12.6 Å². The summed E-state index contributed by atoms with van der Waals surface area (Å²) < 4.78 is 1.97. The van der Waals surface area contributed by atoms with Crippen LogP contribution in [0.1, 0.15) is 5.56 Å². The van der Waals surface area contributed by atoms with Crippen LogP contribution in [-0.2, 0) is 6.54 Å². The van der Waals surface area contributed by atoms with E-state index in [9.17, 15) is 0 Å². The molecular weight excluding hydrogens is 232 g/mol. The zero-order valence-corrected chi connectivity index (χ0v) is 9.88. The first-order chi connectivity index (χ1) is 8.34. The Kier molecular flexibility index (Phi) is 2.53. The molecule has 0 bridgehead atoms. The fourth-order valence-electron chi connectivity index (χ4n) is 1.76. The average molecular weight is 242 g/mol. The van der Waals surface area contributed by atoms with Gasteiger partial charge in [-0.25, -0.2) is 15.0 Å². The van der Waals surface area contributed by atoms with Crippen LogP contribution in [0.25, 0.3) is 11.5 Å². The van der Waals surface area contributed by atoms with Crippen LogP contribution < -0.4 is 0 Å². The third kappa shape index (κ3) is 1.89. The molecule has 5 heteroatoms. The summed E-state index contributed by atoms with van der Waals surface area (Å²) in [4.78, 5) is 12.6. The largest absolute Gasteiger partial charge is 0.311 e. The summed E-state index contributed by atoms with van der Waals surface area (Å²) in [5, 5.41) is 0.613. The average Bonchev–Trinajstić information content (AvgIpc) is 2.84. The summed E-state index contributed by atoms with van der Waals surface area (Å²) in [6.07, 6.45) is 3.28. The van der Waals surface area contributed by atoms with Crippen LogP contribution in [-0.4, -0.2) is 19.5 Å². The molecule has 4 nitrogen and oxygen atoms in total. The third-order valence-corrected chi connectivity index (χ3v) is 2.90. The minimum absolute atomic E-state index is 0.613. The molecule has 2 aliphatic rings. The fourth-order valence-corrected chi connectivity index (χ4v) is 1.97. The number of hydrogen-bond donors (Lipinski definition) is 1. The van der Waals surface area contributed by atoms with E-state index in [4.69, 9.17) is 0 Å². The molecule has 0 aromatic heterocycles. The van der Waals surface area contributed by atoms with Crippen LogP contribution in [0.5, 0.6) is 0 Å². The number of fused-ring (bicyclic) bond motifs is 1. The summed E-state index contributed by atoms with van der Waals surface area (Å²) in [5.41, 5.74) is 1.95. The van der Waals surface area contributed by atoms with Gasteiger partial charge < -0.3 is 4.57 Å². The van der Waals surface area contributed by atoms with Crippen molar-refractivity contribution in [2.24, 2.45) is 0 Å². The number of imidazole rings is 1. The van der Waals surface area contributed by atoms with E-state index >= 15 is 0 Å². The van der Waals surface area contributed by atoms with E-state index < -0.39 is 0 Å². The first-order valence-electron chi connectivity index (χ1n) is 5.23. The Balaban J connectivity index is 2.02. The number of benzene rings is 1. The van der Waals surface area contributed by atoms with Gasteiger partial charge in [0.05, 0.1) is 12.9 Å². The number of aromatic nitrogens is 4. The Labute approximate surface area is 104 Å². The van der Waals surface area contributed by atoms with Crippen molar-refractivity contribution in [1.82, 2.24) is 19.5 Å². The standard InChI is InChI=1S/C12H10N4S/c17-12-10-11(14-7-13-10)16(8-15-12)6-9-4-2-1-3-5-9/h1-5,7-8,17H,6H2. The molecule has 3 rings (SSSR count). The zero-order valence-electron chi connectivity index (χ0n) is 8.98. The van der Waals surface area contributed by atoms with Crippen molar-refractivity contribution in [3.63, 3.8) is 0 Å². The molecule has 0 radical (unpaired) electrons. The first kappa shape index (κ1) is 10.3. The van der Waals surface area contributed by atoms with E-state index in [-0.39, 0.29) is 0 Å². The maximum atomic E-state index is 4.26. The summed E-state index contributed by atoms with van der Waals surface area (Å²) in [7, 11) is 0. The summed E-state index contributed by atoms with van der Waals surface area (Å²) in [6, 6.07) is 10.2. The lowest BCUT2D eigenvalue weighted by molar-refractivity contribution is 0.744. The van der Waals surface area contributed by atoms with Gasteiger partial charge in [0.1, 0.15) is 17.0 Å². The molecular formula is C12H10N4S. The van der Waals surface area contributed by atoms with Gasteiger partial charge in [-0.15, -0.1) is 12.6 Å². The van der Waals surface area contributed by atoms with E-state index in [0.717, 1.165) is 18.1 Å². The van der Waals surface area contributed by atoms with E-state index in [2.05, 4.69) is 39.7 Å². The van der Waals surface area contributed by atoms with Gasteiger partial charge in [0.15, 0.2) is 5.82 Å². The van der Waals surface area contributed by atoms with Crippen LogP contribution in [0.3, 0.4) is 0 Å². The molecule has 0 N–H and O–H groups in total. The zero-order chi connectivity index (χ0) is 11.7. The predicted molar refractivity (Wildman–Crippen MR) is 67.2 cm³/mol. The summed E-state index contributed by atoms with van der Waals surface area (Å²) >= 11 is 4.26. The van der Waals surface area contributed by atoms with Crippen molar-refractivity contribution in [3.05, 3.63) is 48.5 Å². The first-order valence-corrected chi connectivity index (χ1v) is 5.68. The van der Waals surface area contributed by atoms with Gasteiger partial charge in [0, 0.05) is 0 Å². The Hall–Kier alpha value is -1.88. The second kappa shape index (κ2) is 4.18. The van der Waals surface area contributed by atoms with Crippen LogP contribution >= 0.6 is 12.6 Å². The van der Waals surface area contributed by atoms with Gasteiger partial charge >= 0.3 is 0 Å². The SMILES string of the molecule is Sc1ncn(Cc2ccccc2)c2ncnc1-2. The third-order valence-electron chi connectivity index (χ3n) is 2.58. The lowest BCUT2D eigenvalue weighted by Crippen LogP contribution is -2.07. The van der Waals surface area contributed by atoms with Gasteiger partial charge in [-0.1, -0.05) is 30.3 Å². The highest BCUT2D eigenvalue weighted by atomic mass is 32.1. The molecule has 0 aliphatic carbocycles. The van der Waals surface area contributed by atoms with E-state index in [1.165, 1.54) is 11.9 Å². The van der Waals surface area contributed by atoms with Crippen LogP contribution in [0.4, 0.5) is 0 Å². The Morgan fingerprint density at radius 3 is 2.71 bits per heavy atom. The van der Waals surface area contributed by atoms with Gasteiger partial charge in [0.25, 0.3) is 0 Å². The second-order valence-corrected chi connectivity index (χ2v) is 4.15.